The van der Waals surface area contributed by atoms with Crippen molar-refractivity contribution >= 4 is 5.82 Å². The number of imidazole rings is 1. The molecule has 0 aliphatic carbocycles. The van der Waals surface area contributed by atoms with Crippen LogP contribution in [0.4, 0.5) is 5.82 Å². The van der Waals surface area contributed by atoms with Crippen LogP contribution in [0.15, 0.2) is 49.4 Å². The van der Waals surface area contributed by atoms with Gasteiger partial charge in [0.25, 0.3) is 0 Å². The molecule has 0 bridgehead atoms. The van der Waals surface area contributed by atoms with E-state index in [1.54, 1.807) is 24.9 Å². The third kappa shape index (κ3) is 2.69. The van der Waals surface area contributed by atoms with Gasteiger partial charge in [0.1, 0.15) is 17.8 Å². The van der Waals surface area contributed by atoms with Crippen LogP contribution in [-0.2, 0) is 0 Å². The molecule has 1 unspecified atom stereocenters. The van der Waals surface area contributed by atoms with E-state index in [4.69, 9.17) is 4.98 Å². The van der Waals surface area contributed by atoms with Gasteiger partial charge in [-0.1, -0.05) is 6.92 Å². The van der Waals surface area contributed by atoms with Gasteiger partial charge in [0.2, 0.25) is 5.95 Å². The molecule has 1 atom stereocenters. The van der Waals surface area contributed by atoms with E-state index < -0.39 is 0 Å². The summed E-state index contributed by atoms with van der Waals surface area (Å²) >= 11 is 0. The van der Waals surface area contributed by atoms with Crippen LogP contribution >= 0.6 is 0 Å². The largest absolute Gasteiger partial charge is 0.342 e. The Kier molecular flexibility index (Phi) is 4.08. The fourth-order valence-corrected chi connectivity index (χ4v) is 3.92. The van der Waals surface area contributed by atoms with E-state index in [2.05, 4.69) is 50.8 Å². The van der Waals surface area contributed by atoms with Crippen molar-refractivity contribution in [2.75, 3.05) is 4.90 Å². The standard InChI is InChI=1S/C20H21N9/c1-4-15-19-26-24-12-28(19)16-11-23-20(25-18(16)29(15)13(2)3)27-9-8-22-17(27)14-6-5-7-21-10-14/h5-13,15H,4H2,1-3H3. The minimum absolute atomic E-state index is 0.105. The summed E-state index contributed by atoms with van der Waals surface area (Å²) in [6, 6.07) is 4.21. The maximum Gasteiger partial charge on any atom is 0.237 e. The SMILES string of the molecule is CCC1c2nncn2-c2cnc(-n3ccnc3-c3cccnc3)nc2N1C(C)C. The fourth-order valence-electron chi connectivity index (χ4n) is 3.92. The summed E-state index contributed by atoms with van der Waals surface area (Å²) < 4.78 is 3.88. The average molecular weight is 387 g/mol. The zero-order valence-electron chi connectivity index (χ0n) is 16.5. The predicted octanol–water partition coefficient (Wildman–Crippen LogP) is 2.98. The van der Waals surface area contributed by atoms with Crippen LogP contribution < -0.4 is 4.90 Å². The Balaban J connectivity index is 1.68. The minimum Gasteiger partial charge on any atom is -0.342 e. The maximum absolute atomic E-state index is 4.96. The van der Waals surface area contributed by atoms with Crippen LogP contribution in [0.3, 0.4) is 0 Å². The number of nitrogens with zero attached hydrogens (tertiary/aromatic N) is 9. The average Bonchev–Trinajstić information content (AvgIpc) is 3.42. The van der Waals surface area contributed by atoms with E-state index in [9.17, 15) is 0 Å². The second-order valence-corrected chi connectivity index (χ2v) is 7.23. The molecular formula is C20H21N9. The molecule has 9 nitrogen and oxygen atoms in total. The summed E-state index contributed by atoms with van der Waals surface area (Å²) in [5, 5.41) is 8.49. The zero-order chi connectivity index (χ0) is 20.0. The lowest BCUT2D eigenvalue weighted by atomic mass is 10.1. The van der Waals surface area contributed by atoms with Crippen molar-refractivity contribution < 1.29 is 0 Å². The second-order valence-electron chi connectivity index (χ2n) is 7.23. The molecule has 146 valence electrons. The van der Waals surface area contributed by atoms with Crippen molar-refractivity contribution in [1.82, 2.24) is 39.3 Å². The van der Waals surface area contributed by atoms with Gasteiger partial charge in [0.05, 0.1) is 12.2 Å². The van der Waals surface area contributed by atoms with Crippen molar-refractivity contribution in [3.63, 3.8) is 0 Å². The van der Waals surface area contributed by atoms with Gasteiger partial charge in [0, 0.05) is 36.4 Å². The molecule has 1 aliphatic heterocycles. The first-order valence-electron chi connectivity index (χ1n) is 9.68. The van der Waals surface area contributed by atoms with Crippen molar-refractivity contribution in [3.05, 3.63) is 55.3 Å². The summed E-state index contributed by atoms with van der Waals surface area (Å²) in [6.45, 7) is 6.49. The molecule has 0 fully saturated rings. The van der Waals surface area contributed by atoms with Gasteiger partial charge in [-0.2, -0.15) is 4.98 Å². The van der Waals surface area contributed by atoms with Gasteiger partial charge in [-0.05, 0) is 32.4 Å². The molecule has 0 saturated heterocycles. The first-order chi connectivity index (χ1) is 14.2. The Hall–Kier alpha value is -3.62. The van der Waals surface area contributed by atoms with Gasteiger partial charge in [-0.25, -0.2) is 9.97 Å². The lowest BCUT2D eigenvalue weighted by Crippen LogP contribution is -2.40. The third-order valence-electron chi connectivity index (χ3n) is 5.17. The second kappa shape index (κ2) is 6.77. The first-order valence-corrected chi connectivity index (χ1v) is 9.68. The number of pyridine rings is 1. The molecule has 29 heavy (non-hydrogen) atoms. The quantitative estimate of drug-likeness (QED) is 0.532. The normalized spacial score (nSPS) is 15.4. The van der Waals surface area contributed by atoms with Crippen LogP contribution in [-0.4, -0.2) is 45.3 Å². The summed E-state index contributed by atoms with van der Waals surface area (Å²) in [6.07, 6.45) is 11.6. The molecular weight excluding hydrogens is 366 g/mol. The van der Waals surface area contributed by atoms with E-state index in [1.807, 2.05) is 33.7 Å². The van der Waals surface area contributed by atoms with Gasteiger partial charge < -0.3 is 4.90 Å². The Bertz CT molecular complexity index is 1150. The zero-order valence-corrected chi connectivity index (χ0v) is 16.5. The fraction of sp³-hybridized carbons (Fsp3) is 0.300. The molecule has 4 aromatic heterocycles. The molecule has 0 aromatic carbocycles. The topological polar surface area (TPSA) is 90.4 Å². The summed E-state index contributed by atoms with van der Waals surface area (Å²) in [7, 11) is 0. The van der Waals surface area contributed by atoms with Gasteiger partial charge >= 0.3 is 0 Å². The summed E-state index contributed by atoms with van der Waals surface area (Å²) in [5.41, 5.74) is 1.79. The molecule has 5 rings (SSSR count). The van der Waals surface area contributed by atoms with Crippen molar-refractivity contribution in [3.8, 4) is 23.0 Å². The van der Waals surface area contributed by atoms with E-state index >= 15 is 0 Å². The maximum atomic E-state index is 4.96. The molecule has 1 aliphatic rings. The number of fused-ring (bicyclic) bond motifs is 3. The highest BCUT2D eigenvalue weighted by atomic mass is 15.4. The Morgan fingerprint density at radius 3 is 2.76 bits per heavy atom. The highest BCUT2D eigenvalue weighted by molar-refractivity contribution is 5.63. The lowest BCUT2D eigenvalue weighted by Gasteiger charge is -2.39. The van der Waals surface area contributed by atoms with Crippen LogP contribution in [0.25, 0.3) is 23.0 Å². The Labute approximate surface area is 168 Å². The summed E-state index contributed by atoms with van der Waals surface area (Å²) in [5.74, 6) is 3.11. The predicted molar refractivity (Wildman–Crippen MR) is 108 cm³/mol. The third-order valence-corrected chi connectivity index (χ3v) is 5.17. The Morgan fingerprint density at radius 1 is 1.10 bits per heavy atom. The van der Waals surface area contributed by atoms with E-state index in [0.29, 0.717) is 5.95 Å². The van der Waals surface area contributed by atoms with E-state index in [1.165, 1.54) is 0 Å². The van der Waals surface area contributed by atoms with Crippen molar-refractivity contribution in [2.45, 2.75) is 39.3 Å². The Morgan fingerprint density at radius 2 is 2.00 bits per heavy atom. The molecule has 0 N–H and O–H groups in total. The minimum atomic E-state index is 0.105. The number of aromatic nitrogens is 8. The van der Waals surface area contributed by atoms with Crippen molar-refractivity contribution in [1.29, 1.82) is 0 Å². The van der Waals surface area contributed by atoms with Gasteiger partial charge in [0.15, 0.2) is 11.6 Å². The molecule has 9 heteroatoms. The monoisotopic (exact) mass is 387 g/mol. The molecule has 0 saturated carbocycles. The van der Waals surface area contributed by atoms with Crippen LogP contribution in [0.5, 0.6) is 0 Å². The number of hydrogen-bond acceptors (Lipinski definition) is 7. The summed E-state index contributed by atoms with van der Waals surface area (Å²) in [4.78, 5) is 20.6. The number of rotatable bonds is 4. The lowest BCUT2D eigenvalue weighted by molar-refractivity contribution is 0.497. The van der Waals surface area contributed by atoms with Crippen LogP contribution in [0.1, 0.15) is 39.1 Å². The van der Waals surface area contributed by atoms with E-state index in [-0.39, 0.29) is 12.1 Å². The first kappa shape index (κ1) is 17.5. The number of anilines is 1. The molecule has 0 amide bonds. The van der Waals surface area contributed by atoms with Crippen molar-refractivity contribution in [2.24, 2.45) is 0 Å². The van der Waals surface area contributed by atoms with Crippen LogP contribution in [0.2, 0.25) is 0 Å². The number of hydrogen-bond donors (Lipinski definition) is 0. The molecule has 0 radical (unpaired) electrons. The molecule has 5 heterocycles. The van der Waals surface area contributed by atoms with Crippen LogP contribution in [0, 0.1) is 0 Å². The van der Waals surface area contributed by atoms with Gasteiger partial charge in [-0.3, -0.25) is 14.1 Å². The van der Waals surface area contributed by atoms with Gasteiger partial charge in [-0.15, -0.1) is 10.2 Å². The molecule has 4 aromatic rings. The van der Waals surface area contributed by atoms with E-state index in [0.717, 1.165) is 35.1 Å². The highest BCUT2D eigenvalue weighted by Gasteiger charge is 2.35. The molecule has 0 spiro atoms. The highest BCUT2D eigenvalue weighted by Crippen LogP contribution is 2.39. The smallest absolute Gasteiger partial charge is 0.237 e.